The van der Waals surface area contributed by atoms with Crippen molar-refractivity contribution in [2.45, 2.75) is 24.5 Å². The summed E-state index contributed by atoms with van der Waals surface area (Å²) in [5, 5.41) is 9.91. The second-order valence-electron chi connectivity index (χ2n) is 6.53. The quantitative estimate of drug-likeness (QED) is 0.555. The minimum Gasteiger partial charge on any atom is -0.392 e. The van der Waals surface area contributed by atoms with Gasteiger partial charge in [0.2, 0.25) is 0 Å². The predicted octanol–water partition coefficient (Wildman–Crippen LogP) is 5.21. The van der Waals surface area contributed by atoms with E-state index in [9.17, 15) is 26.7 Å². The molecule has 0 radical (unpaired) electrons. The normalized spacial score (nSPS) is 12.6. The van der Waals surface area contributed by atoms with Gasteiger partial charge < -0.3 is 5.11 Å². The van der Waals surface area contributed by atoms with Crippen molar-refractivity contribution < 1.29 is 26.7 Å². The molecule has 0 amide bonds. The maximum absolute atomic E-state index is 14.6. The zero-order valence-corrected chi connectivity index (χ0v) is 17.3. The van der Waals surface area contributed by atoms with Crippen LogP contribution in [0, 0.1) is 17.5 Å². The summed E-state index contributed by atoms with van der Waals surface area (Å²) in [5.41, 5.74) is -0.165. The Balaban J connectivity index is 2.25. The number of nitrogens with zero attached hydrogens (tertiary/aromatic N) is 1. The van der Waals surface area contributed by atoms with Gasteiger partial charge in [-0.15, -0.1) is 0 Å². The number of aliphatic hydroxyl groups excluding tert-OH is 1. The van der Waals surface area contributed by atoms with Crippen LogP contribution in [0.15, 0.2) is 65.6 Å². The number of halogens is 4. The lowest BCUT2D eigenvalue weighted by atomic mass is 10.0. The number of aliphatic hydroxyl groups is 1. The molecule has 0 heterocycles. The Morgan fingerprint density at radius 2 is 1.57 bits per heavy atom. The first-order chi connectivity index (χ1) is 14.1. The number of hydrogen-bond donors (Lipinski definition) is 1. The predicted molar refractivity (Wildman–Crippen MR) is 108 cm³/mol. The highest BCUT2D eigenvalue weighted by atomic mass is 35.5. The van der Waals surface area contributed by atoms with Crippen molar-refractivity contribution in [2.24, 2.45) is 0 Å². The summed E-state index contributed by atoms with van der Waals surface area (Å²) in [6.45, 7) is 0.863. The highest BCUT2D eigenvalue weighted by Gasteiger charge is 2.33. The molecule has 1 unspecified atom stereocenters. The average Bonchev–Trinajstić information content (AvgIpc) is 2.70. The first-order valence-corrected chi connectivity index (χ1v) is 10.6. The second kappa shape index (κ2) is 8.67. The van der Waals surface area contributed by atoms with E-state index in [2.05, 4.69) is 0 Å². The standard InChI is InChI=1S/C21H17ClF3NO3S/c1-13(19-8-4-16(23)10-14(19)12-27)26(21-11-17(24)5-9-20(21)25)30(28,29)18-6-2-15(22)3-7-18/h2-11,13,27H,12H2,1H3. The molecule has 0 saturated heterocycles. The molecule has 0 bridgehead atoms. The second-order valence-corrected chi connectivity index (χ2v) is 8.78. The lowest BCUT2D eigenvalue weighted by Gasteiger charge is -2.32. The average molecular weight is 456 g/mol. The van der Waals surface area contributed by atoms with Crippen LogP contribution in [0.3, 0.4) is 0 Å². The van der Waals surface area contributed by atoms with Crippen LogP contribution < -0.4 is 4.31 Å². The van der Waals surface area contributed by atoms with Crippen LogP contribution in [0.2, 0.25) is 5.02 Å². The molecule has 0 aliphatic carbocycles. The van der Waals surface area contributed by atoms with Crippen LogP contribution in [0.5, 0.6) is 0 Å². The summed E-state index contributed by atoms with van der Waals surface area (Å²) in [6.07, 6.45) is 0. The van der Waals surface area contributed by atoms with E-state index in [0.29, 0.717) is 9.33 Å². The third kappa shape index (κ3) is 4.30. The largest absolute Gasteiger partial charge is 0.392 e. The van der Waals surface area contributed by atoms with Gasteiger partial charge in [0.25, 0.3) is 10.0 Å². The van der Waals surface area contributed by atoms with Crippen LogP contribution >= 0.6 is 11.6 Å². The van der Waals surface area contributed by atoms with Gasteiger partial charge in [0.1, 0.15) is 17.5 Å². The van der Waals surface area contributed by atoms with Crippen LogP contribution in [0.25, 0.3) is 0 Å². The van der Waals surface area contributed by atoms with Gasteiger partial charge in [-0.2, -0.15) is 0 Å². The number of anilines is 1. The molecule has 9 heteroatoms. The van der Waals surface area contributed by atoms with Gasteiger partial charge >= 0.3 is 0 Å². The molecule has 3 rings (SSSR count). The number of benzene rings is 3. The van der Waals surface area contributed by atoms with E-state index in [1.54, 1.807) is 0 Å². The van der Waals surface area contributed by atoms with Gasteiger partial charge in [0.05, 0.1) is 23.2 Å². The van der Waals surface area contributed by atoms with Gasteiger partial charge in [-0.3, -0.25) is 4.31 Å². The SMILES string of the molecule is CC(c1ccc(F)cc1CO)N(c1cc(F)ccc1F)S(=O)(=O)c1ccc(Cl)cc1. The van der Waals surface area contributed by atoms with Crippen molar-refractivity contribution in [1.29, 1.82) is 0 Å². The molecule has 158 valence electrons. The monoisotopic (exact) mass is 455 g/mol. The first-order valence-electron chi connectivity index (χ1n) is 8.79. The summed E-state index contributed by atoms with van der Waals surface area (Å²) in [4.78, 5) is -0.199. The van der Waals surface area contributed by atoms with E-state index < -0.39 is 45.8 Å². The molecule has 3 aromatic rings. The highest BCUT2D eigenvalue weighted by Crippen LogP contribution is 2.36. The Morgan fingerprint density at radius 1 is 0.967 bits per heavy atom. The van der Waals surface area contributed by atoms with Crippen LogP contribution in [0.1, 0.15) is 24.1 Å². The number of sulfonamides is 1. The molecule has 0 fully saturated rings. The van der Waals surface area contributed by atoms with Crippen molar-refractivity contribution >= 4 is 27.3 Å². The molecule has 0 aromatic heterocycles. The fourth-order valence-corrected chi connectivity index (χ4v) is 4.93. The van der Waals surface area contributed by atoms with Gasteiger partial charge in [-0.1, -0.05) is 17.7 Å². The summed E-state index contributed by atoms with van der Waals surface area (Å²) in [5.74, 6) is -2.43. The zero-order chi connectivity index (χ0) is 22.1. The fourth-order valence-electron chi connectivity index (χ4n) is 3.17. The molecule has 1 atom stereocenters. The fraction of sp³-hybridized carbons (Fsp3) is 0.143. The van der Waals surface area contributed by atoms with Crippen LogP contribution in [0.4, 0.5) is 18.9 Å². The van der Waals surface area contributed by atoms with E-state index in [1.165, 1.54) is 37.3 Å². The van der Waals surface area contributed by atoms with Crippen LogP contribution in [-0.2, 0) is 16.6 Å². The molecular weight excluding hydrogens is 439 g/mol. The number of rotatable bonds is 6. The van der Waals surface area contributed by atoms with E-state index >= 15 is 0 Å². The van der Waals surface area contributed by atoms with Crippen LogP contribution in [-0.4, -0.2) is 13.5 Å². The molecule has 1 N–H and O–H groups in total. The molecule has 0 aliphatic heterocycles. The van der Waals surface area contributed by atoms with Gasteiger partial charge in [0.15, 0.2) is 0 Å². The minimum absolute atomic E-state index is 0.121. The van der Waals surface area contributed by atoms with E-state index in [1.807, 2.05) is 0 Å². The maximum Gasteiger partial charge on any atom is 0.264 e. The summed E-state index contributed by atoms with van der Waals surface area (Å²) < 4.78 is 69.8. The Morgan fingerprint density at radius 3 is 2.20 bits per heavy atom. The Kier molecular flexibility index (Phi) is 6.40. The summed E-state index contributed by atoms with van der Waals surface area (Å²) in [6, 6.07) is 10.00. The smallest absolute Gasteiger partial charge is 0.264 e. The molecule has 30 heavy (non-hydrogen) atoms. The van der Waals surface area contributed by atoms with Crippen molar-refractivity contribution in [3.8, 4) is 0 Å². The molecule has 0 aliphatic rings. The van der Waals surface area contributed by atoms with Gasteiger partial charge in [-0.05, 0) is 66.6 Å². The van der Waals surface area contributed by atoms with Crippen molar-refractivity contribution in [2.75, 3.05) is 4.31 Å². The Hall–Kier alpha value is -2.55. The third-order valence-corrected chi connectivity index (χ3v) is 6.74. The lowest BCUT2D eigenvalue weighted by Crippen LogP contribution is -2.35. The molecular formula is C21H17ClF3NO3S. The third-order valence-electron chi connectivity index (χ3n) is 4.59. The first kappa shape index (κ1) is 22.1. The molecule has 4 nitrogen and oxygen atoms in total. The topological polar surface area (TPSA) is 57.6 Å². The Labute approximate surface area is 177 Å². The minimum atomic E-state index is -4.40. The van der Waals surface area contributed by atoms with Gasteiger partial charge in [-0.25, -0.2) is 21.6 Å². The molecule has 3 aromatic carbocycles. The zero-order valence-electron chi connectivity index (χ0n) is 15.7. The summed E-state index contributed by atoms with van der Waals surface area (Å²) >= 11 is 5.84. The van der Waals surface area contributed by atoms with E-state index in [4.69, 9.17) is 11.6 Å². The van der Waals surface area contributed by atoms with E-state index in [0.717, 1.165) is 30.3 Å². The van der Waals surface area contributed by atoms with E-state index in [-0.39, 0.29) is 16.0 Å². The number of hydrogen-bond acceptors (Lipinski definition) is 3. The maximum atomic E-state index is 14.6. The molecule has 0 spiro atoms. The molecule has 0 saturated carbocycles. The van der Waals surface area contributed by atoms with Crippen molar-refractivity contribution in [3.05, 3.63) is 94.3 Å². The van der Waals surface area contributed by atoms with Crippen molar-refractivity contribution in [3.63, 3.8) is 0 Å². The van der Waals surface area contributed by atoms with Gasteiger partial charge in [0, 0.05) is 11.1 Å². The Bertz CT molecular complexity index is 1170. The lowest BCUT2D eigenvalue weighted by molar-refractivity contribution is 0.279. The van der Waals surface area contributed by atoms with Crippen molar-refractivity contribution in [1.82, 2.24) is 0 Å². The highest BCUT2D eigenvalue weighted by molar-refractivity contribution is 7.92. The summed E-state index contributed by atoms with van der Waals surface area (Å²) in [7, 11) is -4.40.